The first kappa shape index (κ1) is 18.8. The van der Waals surface area contributed by atoms with Gasteiger partial charge in [0.25, 0.3) is 0 Å². The van der Waals surface area contributed by atoms with E-state index in [1.54, 1.807) is 23.1 Å². The van der Waals surface area contributed by atoms with Gasteiger partial charge in [0.15, 0.2) is 9.84 Å². The monoisotopic (exact) mass is 382 g/mol. The lowest BCUT2D eigenvalue weighted by Crippen LogP contribution is -2.44. The van der Waals surface area contributed by atoms with Crippen LogP contribution in [0.3, 0.4) is 0 Å². The number of carbonyl (C=O) groups excluding carboxylic acids is 2. The Hall–Kier alpha value is -1.96. The number of halogens is 1. The third-order valence-electron chi connectivity index (χ3n) is 5.16. The summed E-state index contributed by atoms with van der Waals surface area (Å²) in [7, 11) is -3.09. The fourth-order valence-corrected chi connectivity index (χ4v) is 5.50. The predicted octanol–water partition coefficient (Wildman–Crippen LogP) is 1.21. The van der Waals surface area contributed by atoms with Crippen molar-refractivity contribution in [1.82, 2.24) is 9.80 Å². The van der Waals surface area contributed by atoms with Crippen molar-refractivity contribution in [2.75, 3.05) is 24.6 Å². The number of hydrogen-bond acceptors (Lipinski definition) is 4. The molecule has 8 heteroatoms. The van der Waals surface area contributed by atoms with Crippen molar-refractivity contribution < 1.29 is 22.4 Å². The van der Waals surface area contributed by atoms with Crippen molar-refractivity contribution in [2.45, 2.75) is 32.4 Å². The van der Waals surface area contributed by atoms with Gasteiger partial charge in [0.2, 0.25) is 11.8 Å². The fraction of sp³-hybridized carbons (Fsp3) is 0.556. The van der Waals surface area contributed by atoms with E-state index in [4.69, 9.17) is 0 Å². The molecule has 0 spiro atoms. The third kappa shape index (κ3) is 3.90. The minimum atomic E-state index is -3.09. The molecule has 0 saturated carbocycles. The maximum absolute atomic E-state index is 13.8. The summed E-state index contributed by atoms with van der Waals surface area (Å²) in [6.07, 6.45) is 0.533. The highest BCUT2D eigenvalue weighted by Crippen LogP contribution is 2.26. The lowest BCUT2D eigenvalue weighted by atomic mass is 10.1. The average Bonchev–Trinajstić information content (AvgIpc) is 3.13. The molecule has 2 unspecified atom stereocenters. The van der Waals surface area contributed by atoms with Crippen LogP contribution in [0.25, 0.3) is 0 Å². The Balaban J connectivity index is 1.67. The second-order valence-electron chi connectivity index (χ2n) is 6.95. The van der Waals surface area contributed by atoms with Gasteiger partial charge < -0.3 is 9.80 Å². The molecule has 2 atom stereocenters. The summed E-state index contributed by atoms with van der Waals surface area (Å²) < 4.78 is 37.2. The standard InChI is InChI=1S/C18H23FN2O4S/c1-2-21(15-7-8-26(24,25)12-15)18(23)14-9-17(22)20(11-14)10-13-5-3-4-6-16(13)19/h3-6,14-15H,2,7-12H2,1H3. The van der Waals surface area contributed by atoms with Gasteiger partial charge in [0.1, 0.15) is 5.82 Å². The number of amides is 2. The highest BCUT2D eigenvalue weighted by atomic mass is 32.2. The molecule has 0 aromatic heterocycles. The van der Waals surface area contributed by atoms with Crippen molar-refractivity contribution in [2.24, 2.45) is 5.92 Å². The predicted molar refractivity (Wildman–Crippen MR) is 94.4 cm³/mol. The number of sulfone groups is 1. The molecule has 26 heavy (non-hydrogen) atoms. The van der Waals surface area contributed by atoms with E-state index in [-0.39, 0.29) is 54.7 Å². The SMILES string of the molecule is CCN(C(=O)C1CC(=O)N(Cc2ccccc2F)C1)C1CCS(=O)(=O)C1. The second kappa shape index (κ2) is 7.34. The summed E-state index contributed by atoms with van der Waals surface area (Å²) in [6, 6.07) is 5.96. The van der Waals surface area contributed by atoms with E-state index in [1.165, 1.54) is 11.0 Å². The largest absolute Gasteiger partial charge is 0.339 e. The van der Waals surface area contributed by atoms with Crippen LogP contribution in [0.2, 0.25) is 0 Å². The minimum Gasteiger partial charge on any atom is -0.339 e. The number of likely N-dealkylation sites (tertiary alicyclic amines) is 1. The van der Waals surface area contributed by atoms with Gasteiger partial charge in [0.05, 0.1) is 17.4 Å². The lowest BCUT2D eigenvalue weighted by Gasteiger charge is -2.29. The van der Waals surface area contributed by atoms with Crippen molar-refractivity contribution in [1.29, 1.82) is 0 Å². The zero-order valence-corrected chi connectivity index (χ0v) is 15.5. The quantitative estimate of drug-likeness (QED) is 0.767. The first-order valence-electron chi connectivity index (χ1n) is 8.83. The number of hydrogen-bond donors (Lipinski definition) is 0. The van der Waals surface area contributed by atoms with Gasteiger partial charge in [0, 0.05) is 37.7 Å². The number of nitrogens with zero attached hydrogens (tertiary/aromatic N) is 2. The molecule has 0 bridgehead atoms. The molecule has 0 aliphatic carbocycles. The molecule has 2 saturated heterocycles. The lowest BCUT2D eigenvalue weighted by molar-refractivity contribution is -0.137. The summed E-state index contributed by atoms with van der Waals surface area (Å²) in [5.41, 5.74) is 0.420. The number of benzene rings is 1. The van der Waals surface area contributed by atoms with Crippen molar-refractivity contribution >= 4 is 21.7 Å². The molecule has 2 heterocycles. The zero-order valence-electron chi connectivity index (χ0n) is 14.7. The van der Waals surface area contributed by atoms with Crippen LogP contribution < -0.4 is 0 Å². The van der Waals surface area contributed by atoms with Gasteiger partial charge in [-0.25, -0.2) is 12.8 Å². The Morgan fingerprint density at radius 1 is 1.35 bits per heavy atom. The Morgan fingerprint density at radius 2 is 2.08 bits per heavy atom. The van der Waals surface area contributed by atoms with Crippen LogP contribution >= 0.6 is 0 Å². The van der Waals surface area contributed by atoms with Crippen LogP contribution in [0.5, 0.6) is 0 Å². The molecule has 1 aromatic rings. The van der Waals surface area contributed by atoms with Crippen LogP contribution in [-0.4, -0.2) is 60.7 Å². The van der Waals surface area contributed by atoms with E-state index >= 15 is 0 Å². The summed E-state index contributed by atoms with van der Waals surface area (Å²) in [4.78, 5) is 28.2. The molecule has 2 aliphatic heterocycles. The highest BCUT2D eigenvalue weighted by Gasteiger charge is 2.40. The molecule has 1 aromatic carbocycles. The summed E-state index contributed by atoms with van der Waals surface area (Å²) in [6.45, 7) is 2.61. The van der Waals surface area contributed by atoms with Crippen LogP contribution in [0.15, 0.2) is 24.3 Å². The van der Waals surface area contributed by atoms with E-state index in [2.05, 4.69) is 0 Å². The van der Waals surface area contributed by atoms with Gasteiger partial charge in [-0.05, 0) is 19.4 Å². The summed E-state index contributed by atoms with van der Waals surface area (Å²) in [5, 5.41) is 0. The molecule has 0 N–H and O–H groups in total. The number of rotatable bonds is 5. The molecule has 6 nitrogen and oxygen atoms in total. The zero-order chi connectivity index (χ0) is 18.9. The number of carbonyl (C=O) groups is 2. The van der Waals surface area contributed by atoms with Crippen LogP contribution in [0.4, 0.5) is 4.39 Å². The summed E-state index contributed by atoms with van der Waals surface area (Å²) in [5.74, 6) is -1.14. The van der Waals surface area contributed by atoms with Crippen LogP contribution in [-0.2, 0) is 26.0 Å². The first-order valence-corrected chi connectivity index (χ1v) is 10.6. The second-order valence-corrected chi connectivity index (χ2v) is 9.18. The van der Waals surface area contributed by atoms with E-state index in [0.29, 0.717) is 18.5 Å². The Bertz CT molecular complexity index is 811. The molecule has 2 fully saturated rings. The van der Waals surface area contributed by atoms with Crippen molar-refractivity contribution in [3.8, 4) is 0 Å². The fourth-order valence-electron chi connectivity index (χ4n) is 3.77. The molecular formula is C18H23FN2O4S. The summed E-state index contributed by atoms with van der Waals surface area (Å²) >= 11 is 0. The van der Waals surface area contributed by atoms with E-state index in [9.17, 15) is 22.4 Å². The van der Waals surface area contributed by atoms with Gasteiger partial charge >= 0.3 is 0 Å². The molecule has 3 rings (SSSR count). The van der Waals surface area contributed by atoms with Crippen LogP contribution in [0, 0.1) is 11.7 Å². The Kier molecular flexibility index (Phi) is 5.32. The molecule has 0 radical (unpaired) electrons. The molecule has 142 valence electrons. The van der Waals surface area contributed by atoms with E-state index in [1.807, 2.05) is 6.92 Å². The van der Waals surface area contributed by atoms with Gasteiger partial charge in [-0.1, -0.05) is 18.2 Å². The Labute approximate surface area is 152 Å². The van der Waals surface area contributed by atoms with Gasteiger partial charge in [-0.3, -0.25) is 9.59 Å². The third-order valence-corrected chi connectivity index (χ3v) is 6.91. The van der Waals surface area contributed by atoms with E-state index in [0.717, 1.165) is 0 Å². The smallest absolute Gasteiger partial charge is 0.228 e. The molecular weight excluding hydrogens is 359 g/mol. The van der Waals surface area contributed by atoms with Gasteiger partial charge in [-0.2, -0.15) is 0 Å². The highest BCUT2D eigenvalue weighted by molar-refractivity contribution is 7.91. The maximum atomic E-state index is 13.8. The van der Waals surface area contributed by atoms with Crippen molar-refractivity contribution in [3.63, 3.8) is 0 Å². The molecule has 2 amide bonds. The topological polar surface area (TPSA) is 74.8 Å². The van der Waals surface area contributed by atoms with Crippen LogP contribution in [0.1, 0.15) is 25.3 Å². The normalized spacial score (nSPS) is 24.8. The Morgan fingerprint density at radius 3 is 2.69 bits per heavy atom. The first-order chi connectivity index (χ1) is 12.3. The van der Waals surface area contributed by atoms with Crippen molar-refractivity contribution in [3.05, 3.63) is 35.6 Å². The molecule has 2 aliphatic rings. The average molecular weight is 382 g/mol. The minimum absolute atomic E-state index is 0.00775. The van der Waals surface area contributed by atoms with E-state index < -0.39 is 15.8 Å². The maximum Gasteiger partial charge on any atom is 0.228 e. The van der Waals surface area contributed by atoms with Gasteiger partial charge in [-0.15, -0.1) is 0 Å².